The van der Waals surface area contributed by atoms with Crippen LogP contribution in [0.1, 0.15) is 16.8 Å². The van der Waals surface area contributed by atoms with E-state index in [4.69, 9.17) is 9.47 Å². The Morgan fingerprint density at radius 2 is 1.64 bits per heavy atom. The highest BCUT2D eigenvalue weighted by Crippen LogP contribution is 2.27. The number of hydrogen-bond donors (Lipinski definition) is 2. The molecule has 0 bridgehead atoms. The van der Waals surface area contributed by atoms with Crippen molar-refractivity contribution in [1.29, 1.82) is 0 Å². The average molecular weight is 379 g/mol. The molecule has 0 aliphatic heterocycles. The quantitative estimate of drug-likeness (QED) is 0.589. The zero-order valence-electron chi connectivity index (χ0n) is 16.4. The van der Waals surface area contributed by atoms with Crippen LogP contribution in [0.15, 0.2) is 48.8 Å². The van der Waals surface area contributed by atoms with Gasteiger partial charge in [-0.25, -0.2) is 4.98 Å². The number of methoxy groups -OCH3 is 2. The fourth-order valence-electron chi connectivity index (χ4n) is 2.79. The van der Waals surface area contributed by atoms with Gasteiger partial charge in [0.15, 0.2) is 11.5 Å². The van der Waals surface area contributed by atoms with Gasteiger partial charge >= 0.3 is 0 Å². The molecule has 2 heterocycles. The van der Waals surface area contributed by atoms with Crippen molar-refractivity contribution in [2.24, 2.45) is 0 Å². The fraction of sp³-hybridized carbons (Fsp3) is 0.286. The van der Waals surface area contributed by atoms with E-state index in [9.17, 15) is 0 Å². The van der Waals surface area contributed by atoms with Gasteiger partial charge in [-0.3, -0.25) is 4.98 Å². The molecule has 3 rings (SSSR count). The minimum atomic E-state index is 0.609. The lowest BCUT2D eigenvalue weighted by Gasteiger charge is -2.11. The fourth-order valence-corrected chi connectivity index (χ4v) is 2.79. The minimum absolute atomic E-state index is 0.609. The Kier molecular flexibility index (Phi) is 6.62. The molecule has 0 radical (unpaired) electrons. The van der Waals surface area contributed by atoms with Crippen LogP contribution in [0, 0.1) is 6.92 Å². The zero-order chi connectivity index (χ0) is 19.8. The highest BCUT2D eigenvalue weighted by Gasteiger charge is 2.06. The topological polar surface area (TPSA) is 81.2 Å². The van der Waals surface area contributed by atoms with Crippen molar-refractivity contribution in [2.75, 3.05) is 31.4 Å². The maximum absolute atomic E-state index is 5.35. The second-order valence-corrected chi connectivity index (χ2v) is 6.29. The van der Waals surface area contributed by atoms with Crippen LogP contribution >= 0.6 is 0 Å². The number of rotatable bonds is 9. The molecule has 0 aliphatic carbocycles. The van der Waals surface area contributed by atoms with Gasteiger partial charge in [0.2, 0.25) is 5.95 Å². The number of nitrogens with zero attached hydrogens (tertiary/aromatic N) is 3. The Morgan fingerprint density at radius 1 is 0.857 bits per heavy atom. The van der Waals surface area contributed by atoms with Crippen LogP contribution in [-0.4, -0.2) is 35.7 Å². The third-order valence-electron chi connectivity index (χ3n) is 4.22. The molecular weight excluding hydrogens is 354 g/mol. The molecule has 0 amide bonds. The van der Waals surface area contributed by atoms with Crippen LogP contribution in [0.25, 0.3) is 0 Å². The lowest BCUT2D eigenvalue weighted by Crippen LogP contribution is -2.10. The Hall–Kier alpha value is -3.35. The van der Waals surface area contributed by atoms with E-state index in [0.29, 0.717) is 19.0 Å². The van der Waals surface area contributed by atoms with E-state index in [0.717, 1.165) is 40.6 Å². The Balaban J connectivity index is 1.58. The van der Waals surface area contributed by atoms with Gasteiger partial charge < -0.3 is 20.1 Å². The van der Waals surface area contributed by atoms with E-state index in [1.54, 1.807) is 26.6 Å². The maximum atomic E-state index is 5.35. The highest BCUT2D eigenvalue weighted by molar-refractivity contribution is 5.44. The monoisotopic (exact) mass is 379 g/mol. The predicted molar refractivity (Wildman–Crippen MR) is 110 cm³/mol. The number of benzene rings is 1. The molecule has 7 heteroatoms. The van der Waals surface area contributed by atoms with Crippen molar-refractivity contribution < 1.29 is 9.47 Å². The van der Waals surface area contributed by atoms with Gasteiger partial charge in [0.25, 0.3) is 0 Å². The molecule has 0 saturated carbocycles. The summed E-state index contributed by atoms with van der Waals surface area (Å²) in [5, 5.41) is 6.62. The van der Waals surface area contributed by atoms with Gasteiger partial charge in [0.1, 0.15) is 5.82 Å². The summed E-state index contributed by atoms with van der Waals surface area (Å²) in [4.78, 5) is 13.0. The molecule has 0 atom stereocenters. The van der Waals surface area contributed by atoms with Gasteiger partial charge in [-0.05, 0) is 48.7 Å². The van der Waals surface area contributed by atoms with Crippen LogP contribution in [0.5, 0.6) is 11.5 Å². The number of aryl methyl sites for hydroxylation is 1. The van der Waals surface area contributed by atoms with E-state index >= 15 is 0 Å². The molecule has 28 heavy (non-hydrogen) atoms. The summed E-state index contributed by atoms with van der Waals surface area (Å²) in [6, 6.07) is 11.8. The third kappa shape index (κ3) is 5.33. The molecule has 146 valence electrons. The smallest absolute Gasteiger partial charge is 0.224 e. The standard InChI is InChI=1S/C21H25N5O2/c1-15-12-20(24-14-17-6-9-22-10-7-17)26-21(25-15)23-11-8-16-4-5-18(27-2)19(13-16)28-3/h4-7,9-10,12-13H,8,11,14H2,1-3H3,(H2,23,24,25,26). The van der Waals surface area contributed by atoms with Gasteiger partial charge in [-0.15, -0.1) is 0 Å². The van der Waals surface area contributed by atoms with Crippen molar-refractivity contribution in [3.05, 3.63) is 65.6 Å². The van der Waals surface area contributed by atoms with Crippen molar-refractivity contribution in [3.63, 3.8) is 0 Å². The normalized spacial score (nSPS) is 10.4. The van der Waals surface area contributed by atoms with Crippen LogP contribution in [-0.2, 0) is 13.0 Å². The van der Waals surface area contributed by atoms with Crippen molar-refractivity contribution >= 4 is 11.8 Å². The van der Waals surface area contributed by atoms with Gasteiger partial charge in [0, 0.05) is 37.2 Å². The Labute approximate surface area is 165 Å². The molecule has 0 aliphatic rings. The van der Waals surface area contributed by atoms with Crippen molar-refractivity contribution in [1.82, 2.24) is 15.0 Å². The lowest BCUT2D eigenvalue weighted by atomic mass is 10.1. The number of aromatic nitrogens is 3. The summed E-state index contributed by atoms with van der Waals surface area (Å²) >= 11 is 0. The van der Waals surface area contributed by atoms with E-state index in [2.05, 4.69) is 25.6 Å². The number of anilines is 2. The first kappa shape index (κ1) is 19.4. The predicted octanol–water partition coefficient (Wildman–Crippen LogP) is 3.46. The van der Waals surface area contributed by atoms with E-state index in [1.165, 1.54) is 0 Å². The van der Waals surface area contributed by atoms with Gasteiger partial charge in [-0.1, -0.05) is 6.07 Å². The molecular formula is C21H25N5O2. The first-order chi connectivity index (χ1) is 13.7. The lowest BCUT2D eigenvalue weighted by molar-refractivity contribution is 0.354. The number of pyridine rings is 1. The maximum Gasteiger partial charge on any atom is 0.224 e. The molecule has 1 aromatic carbocycles. The van der Waals surface area contributed by atoms with Crippen LogP contribution in [0.4, 0.5) is 11.8 Å². The molecule has 3 aromatic rings. The SMILES string of the molecule is COc1ccc(CCNc2nc(C)cc(NCc3ccncc3)n2)cc1OC. The van der Waals surface area contributed by atoms with E-state index in [-0.39, 0.29) is 0 Å². The summed E-state index contributed by atoms with van der Waals surface area (Å²) in [5.74, 6) is 2.86. The molecule has 2 N–H and O–H groups in total. The van der Waals surface area contributed by atoms with Gasteiger partial charge in [-0.2, -0.15) is 4.98 Å². The van der Waals surface area contributed by atoms with Crippen LogP contribution in [0.3, 0.4) is 0 Å². The Bertz CT molecular complexity index is 903. The third-order valence-corrected chi connectivity index (χ3v) is 4.22. The van der Waals surface area contributed by atoms with E-state index < -0.39 is 0 Å². The summed E-state index contributed by atoms with van der Waals surface area (Å²) < 4.78 is 10.6. The van der Waals surface area contributed by atoms with Crippen molar-refractivity contribution in [2.45, 2.75) is 19.9 Å². The number of hydrogen-bond acceptors (Lipinski definition) is 7. The molecule has 0 unspecified atom stereocenters. The molecule has 0 fully saturated rings. The molecule has 0 saturated heterocycles. The van der Waals surface area contributed by atoms with E-state index in [1.807, 2.05) is 43.3 Å². The summed E-state index contributed by atoms with van der Waals surface area (Å²) in [5.41, 5.74) is 3.20. The molecule has 2 aromatic heterocycles. The summed E-state index contributed by atoms with van der Waals surface area (Å²) in [6.07, 6.45) is 4.38. The molecule has 7 nitrogen and oxygen atoms in total. The average Bonchev–Trinajstić information content (AvgIpc) is 2.72. The Morgan fingerprint density at radius 3 is 2.39 bits per heavy atom. The zero-order valence-corrected chi connectivity index (χ0v) is 16.4. The second-order valence-electron chi connectivity index (χ2n) is 6.29. The minimum Gasteiger partial charge on any atom is -0.493 e. The van der Waals surface area contributed by atoms with Crippen LogP contribution < -0.4 is 20.1 Å². The number of nitrogens with one attached hydrogen (secondary N) is 2. The van der Waals surface area contributed by atoms with Crippen molar-refractivity contribution in [3.8, 4) is 11.5 Å². The second kappa shape index (κ2) is 9.55. The number of ether oxygens (including phenoxy) is 2. The first-order valence-corrected chi connectivity index (χ1v) is 9.11. The molecule has 0 spiro atoms. The largest absolute Gasteiger partial charge is 0.493 e. The summed E-state index contributed by atoms with van der Waals surface area (Å²) in [7, 11) is 3.27. The summed E-state index contributed by atoms with van der Waals surface area (Å²) in [6.45, 7) is 3.35. The van der Waals surface area contributed by atoms with Gasteiger partial charge in [0.05, 0.1) is 14.2 Å². The highest BCUT2D eigenvalue weighted by atomic mass is 16.5. The van der Waals surface area contributed by atoms with Crippen LogP contribution in [0.2, 0.25) is 0 Å². The first-order valence-electron chi connectivity index (χ1n) is 9.11.